The zero-order chi connectivity index (χ0) is 19.7. The molecule has 4 rings (SSSR count). The van der Waals surface area contributed by atoms with Gasteiger partial charge in [0.1, 0.15) is 5.75 Å². The van der Waals surface area contributed by atoms with Crippen molar-refractivity contribution in [1.82, 2.24) is 4.90 Å². The molecular weight excluding hydrogens is 363 g/mol. The zero-order valence-electron chi connectivity index (χ0n) is 16.1. The van der Waals surface area contributed by atoms with E-state index in [0.717, 1.165) is 49.1 Å². The fourth-order valence-electron chi connectivity index (χ4n) is 4.62. The molecule has 0 aromatic heterocycles. The molecular formula is C23H26F3NO. The van der Waals surface area contributed by atoms with Gasteiger partial charge >= 0.3 is 6.36 Å². The Balaban J connectivity index is 1.19. The van der Waals surface area contributed by atoms with Crippen LogP contribution in [0.1, 0.15) is 23.1 Å². The van der Waals surface area contributed by atoms with E-state index in [9.17, 15) is 13.2 Å². The highest BCUT2D eigenvalue weighted by Gasteiger charge is 2.54. The number of likely N-dealkylation sites (tertiary alicyclic amines) is 1. The second kappa shape index (κ2) is 7.78. The summed E-state index contributed by atoms with van der Waals surface area (Å²) in [5, 5.41) is 0. The molecule has 1 aliphatic carbocycles. The van der Waals surface area contributed by atoms with Gasteiger partial charge in [-0.05, 0) is 67.2 Å². The molecule has 28 heavy (non-hydrogen) atoms. The molecule has 2 atom stereocenters. The second-order valence-electron chi connectivity index (χ2n) is 8.22. The summed E-state index contributed by atoms with van der Waals surface area (Å²) in [6.45, 7) is 5.55. The van der Waals surface area contributed by atoms with Gasteiger partial charge in [-0.15, -0.1) is 13.2 Å². The number of halogens is 3. The van der Waals surface area contributed by atoms with Crippen LogP contribution >= 0.6 is 0 Å². The average molecular weight is 389 g/mol. The smallest absolute Gasteiger partial charge is 0.406 e. The van der Waals surface area contributed by atoms with Crippen molar-refractivity contribution in [1.29, 1.82) is 0 Å². The van der Waals surface area contributed by atoms with Crippen LogP contribution in [0, 0.1) is 24.7 Å². The maximum Gasteiger partial charge on any atom is 0.573 e. The second-order valence-corrected chi connectivity index (χ2v) is 8.22. The Labute approximate surface area is 164 Å². The maximum absolute atomic E-state index is 12.4. The molecule has 2 aromatic carbocycles. The Morgan fingerprint density at radius 3 is 2.36 bits per heavy atom. The highest BCUT2D eigenvalue weighted by molar-refractivity contribution is 5.29. The lowest BCUT2D eigenvalue weighted by molar-refractivity contribution is -0.274. The van der Waals surface area contributed by atoms with Gasteiger partial charge in [0.15, 0.2) is 0 Å². The number of hydrogen-bond acceptors (Lipinski definition) is 2. The van der Waals surface area contributed by atoms with E-state index in [4.69, 9.17) is 0 Å². The highest BCUT2D eigenvalue weighted by Crippen LogP contribution is 2.53. The Hall–Kier alpha value is -2.01. The fourth-order valence-corrected chi connectivity index (χ4v) is 4.62. The summed E-state index contributed by atoms with van der Waals surface area (Å²) in [4.78, 5) is 2.56. The number of nitrogens with zero attached hydrogens (tertiary/aromatic N) is 1. The Bertz CT molecular complexity index is 790. The molecule has 0 radical (unpaired) electrons. The van der Waals surface area contributed by atoms with E-state index in [1.54, 1.807) is 6.07 Å². The van der Waals surface area contributed by atoms with Gasteiger partial charge in [-0.1, -0.05) is 42.0 Å². The van der Waals surface area contributed by atoms with Crippen LogP contribution in [-0.2, 0) is 12.8 Å². The van der Waals surface area contributed by atoms with E-state index in [0.29, 0.717) is 0 Å². The maximum atomic E-state index is 12.4. The minimum absolute atomic E-state index is 0.122. The van der Waals surface area contributed by atoms with E-state index in [1.807, 2.05) is 6.07 Å². The summed E-state index contributed by atoms with van der Waals surface area (Å²) in [7, 11) is 0. The van der Waals surface area contributed by atoms with Crippen molar-refractivity contribution in [3.05, 3.63) is 65.2 Å². The monoisotopic (exact) mass is 389 g/mol. The Morgan fingerprint density at radius 2 is 1.68 bits per heavy atom. The number of fused-ring (bicyclic) bond motifs is 1. The predicted octanol–water partition coefficient (Wildman–Crippen LogP) is 5.25. The normalized spacial score (nSPS) is 24.2. The summed E-state index contributed by atoms with van der Waals surface area (Å²) in [5.74, 6) is 2.14. The quantitative estimate of drug-likeness (QED) is 0.642. The van der Waals surface area contributed by atoms with E-state index in [2.05, 4.69) is 40.8 Å². The molecule has 1 aliphatic heterocycles. The molecule has 5 heteroatoms. The molecule has 1 heterocycles. The Kier molecular flexibility index (Phi) is 5.37. The third-order valence-electron chi connectivity index (χ3n) is 6.18. The van der Waals surface area contributed by atoms with Crippen LogP contribution < -0.4 is 4.74 Å². The van der Waals surface area contributed by atoms with Gasteiger partial charge in [0, 0.05) is 19.6 Å². The summed E-state index contributed by atoms with van der Waals surface area (Å²) in [6.07, 6.45) is -1.67. The molecule has 1 saturated carbocycles. The van der Waals surface area contributed by atoms with Crippen molar-refractivity contribution in [3.8, 4) is 5.75 Å². The number of ether oxygens (including phenoxy) is 1. The molecule has 150 valence electrons. The van der Waals surface area contributed by atoms with Crippen molar-refractivity contribution >= 4 is 0 Å². The van der Waals surface area contributed by atoms with Crippen LogP contribution in [-0.4, -0.2) is 30.9 Å². The third-order valence-corrected chi connectivity index (χ3v) is 6.18. The number of piperidine rings is 1. The van der Waals surface area contributed by atoms with Crippen molar-refractivity contribution in [2.24, 2.45) is 17.8 Å². The lowest BCUT2D eigenvalue weighted by Gasteiger charge is -2.19. The minimum Gasteiger partial charge on any atom is -0.406 e. The van der Waals surface area contributed by atoms with Crippen LogP contribution in [0.2, 0.25) is 0 Å². The molecule has 1 saturated heterocycles. The molecule has 2 nitrogen and oxygen atoms in total. The minimum atomic E-state index is -4.63. The summed E-state index contributed by atoms with van der Waals surface area (Å²) in [5.41, 5.74) is 3.61. The van der Waals surface area contributed by atoms with Crippen molar-refractivity contribution in [2.45, 2.75) is 32.5 Å². The number of benzene rings is 2. The SMILES string of the molecule is Cc1ccc(CCN2CC3C(CCc4cccc(OC(F)(F)F)c4)C3C2)cc1. The van der Waals surface area contributed by atoms with Gasteiger partial charge < -0.3 is 9.64 Å². The first kappa shape index (κ1) is 19.3. The van der Waals surface area contributed by atoms with Crippen LogP contribution in [0.4, 0.5) is 13.2 Å². The van der Waals surface area contributed by atoms with E-state index >= 15 is 0 Å². The van der Waals surface area contributed by atoms with Gasteiger partial charge in [-0.2, -0.15) is 0 Å². The highest BCUT2D eigenvalue weighted by atomic mass is 19.4. The summed E-state index contributed by atoms with van der Waals surface area (Å²) in [6, 6.07) is 15.2. The molecule has 2 aliphatic rings. The van der Waals surface area contributed by atoms with Crippen LogP contribution in [0.3, 0.4) is 0 Å². The Morgan fingerprint density at radius 1 is 0.964 bits per heavy atom. The third kappa shape index (κ3) is 4.88. The summed E-state index contributed by atoms with van der Waals surface area (Å²) >= 11 is 0. The lowest BCUT2D eigenvalue weighted by atomic mass is 10.0. The van der Waals surface area contributed by atoms with Gasteiger partial charge in [0.2, 0.25) is 0 Å². The standard InChI is InChI=1S/C23H26F3NO/c1-16-5-7-17(8-6-16)11-12-27-14-21-20(22(21)15-27)10-9-18-3-2-4-19(13-18)28-23(24,25)26/h2-8,13,20-22H,9-12,14-15H2,1H3. The first-order valence-electron chi connectivity index (χ1n) is 10.00. The van der Waals surface area contributed by atoms with E-state index in [1.165, 1.54) is 36.3 Å². The number of hydrogen-bond donors (Lipinski definition) is 0. The van der Waals surface area contributed by atoms with Crippen molar-refractivity contribution in [2.75, 3.05) is 19.6 Å². The topological polar surface area (TPSA) is 12.5 Å². The fraction of sp³-hybridized carbons (Fsp3) is 0.478. The van der Waals surface area contributed by atoms with Crippen molar-refractivity contribution in [3.63, 3.8) is 0 Å². The molecule has 0 N–H and O–H groups in total. The lowest BCUT2D eigenvalue weighted by Crippen LogP contribution is -2.27. The number of rotatable bonds is 7. The van der Waals surface area contributed by atoms with Gasteiger partial charge in [0.05, 0.1) is 0 Å². The average Bonchev–Trinajstić information content (AvgIpc) is 3.09. The van der Waals surface area contributed by atoms with Crippen molar-refractivity contribution < 1.29 is 17.9 Å². The van der Waals surface area contributed by atoms with Crippen LogP contribution in [0.25, 0.3) is 0 Å². The molecule has 0 spiro atoms. The molecule has 0 amide bonds. The molecule has 2 aromatic rings. The number of aryl methyl sites for hydroxylation is 2. The molecule has 0 bridgehead atoms. The molecule has 2 unspecified atom stereocenters. The van der Waals surface area contributed by atoms with Gasteiger partial charge in [-0.3, -0.25) is 0 Å². The summed E-state index contributed by atoms with van der Waals surface area (Å²) < 4.78 is 41.1. The largest absolute Gasteiger partial charge is 0.573 e. The van der Waals surface area contributed by atoms with E-state index in [-0.39, 0.29) is 5.75 Å². The molecule has 2 fully saturated rings. The van der Waals surface area contributed by atoms with E-state index < -0.39 is 6.36 Å². The first-order valence-corrected chi connectivity index (χ1v) is 10.00. The van der Waals surface area contributed by atoms with Gasteiger partial charge in [-0.25, -0.2) is 0 Å². The first-order chi connectivity index (χ1) is 13.4. The van der Waals surface area contributed by atoms with Crippen LogP contribution in [0.5, 0.6) is 5.75 Å². The number of alkyl halides is 3. The van der Waals surface area contributed by atoms with Gasteiger partial charge in [0.25, 0.3) is 0 Å². The zero-order valence-corrected chi connectivity index (χ0v) is 16.1. The van der Waals surface area contributed by atoms with Crippen LogP contribution in [0.15, 0.2) is 48.5 Å². The predicted molar refractivity (Wildman–Crippen MR) is 103 cm³/mol.